The zero-order chi connectivity index (χ0) is 14.8. The van der Waals surface area contributed by atoms with Crippen molar-refractivity contribution in [1.82, 2.24) is 5.32 Å². The minimum Gasteiger partial charge on any atom is -0.497 e. The fraction of sp³-hybridized carbons (Fsp3) is 0.667. The lowest BCUT2D eigenvalue weighted by molar-refractivity contribution is 0.414. The summed E-state index contributed by atoms with van der Waals surface area (Å²) < 4.78 is 5.18. The predicted octanol–water partition coefficient (Wildman–Crippen LogP) is 4.95. The fourth-order valence-corrected chi connectivity index (χ4v) is 2.36. The first-order chi connectivity index (χ1) is 9.63. The minimum atomic E-state index is 0.413. The van der Waals surface area contributed by atoms with E-state index in [1.54, 1.807) is 7.11 Å². The summed E-state index contributed by atoms with van der Waals surface area (Å²) in [6.45, 7) is 7.94. The molecule has 1 unspecified atom stereocenters. The molecule has 0 bridgehead atoms. The number of nitrogens with one attached hydrogen (secondary N) is 1. The molecule has 0 aliphatic heterocycles. The molecule has 1 atom stereocenters. The summed E-state index contributed by atoms with van der Waals surface area (Å²) in [5.41, 5.74) is 1.32. The summed E-state index contributed by atoms with van der Waals surface area (Å²) in [6.07, 6.45) is 6.74. The average Bonchev–Trinajstić information content (AvgIpc) is 2.45. The molecule has 1 N–H and O–H groups in total. The molecule has 1 rings (SSSR count). The molecule has 0 spiro atoms. The van der Waals surface area contributed by atoms with Gasteiger partial charge >= 0.3 is 0 Å². The summed E-state index contributed by atoms with van der Waals surface area (Å²) in [7, 11) is 1.70. The Morgan fingerprint density at radius 2 is 1.60 bits per heavy atom. The molecule has 0 fully saturated rings. The Kier molecular flexibility index (Phi) is 8.36. The maximum absolute atomic E-state index is 5.18. The molecule has 0 heterocycles. The monoisotopic (exact) mass is 277 g/mol. The quantitative estimate of drug-likeness (QED) is 0.611. The van der Waals surface area contributed by atoms with E-state index in [0.29, 0.717) is 6.04 Å². The predicted molar refractivity (Wildman–Crippen MR) is 87.3 cm³/mol. The van der Waals surface area contributed by atoms with Gasteiger partial charge in [0.1, 0.15) is 5.75 Å². The van der Waals surface area contributed by atoms with Crippen LogP contribution in [0.1, 0.15) is 64.5 Å². The summed E-state index contributed by atoms with van der Waals surface area (Å²) >= 11 is 0. The Morgan fingerprint density at radius 3 is 2.20 bits per heavy atom. The maximum Gasteiger partial charge on any atom is 0.118 e. The van der Waals surface area contributed by atoms with Gasteiger partial charge in [0, 0.05) is 6.04 Å². The molecule has 2 heteroatoms. The fourth-order valence-electron chi connectivity index (χ4n) is 2.36. The lowest BCUT2D eigenvalue weighted by atomic mass is 10.0. The molecular weight excluding hydrogens is 246 g/mol. The van der Waals surface area contributed by atoms with E-state index in [0.717, 1.165) is 18.2 Å². The molecule has 0 aliphatic rings. The van der Waals surface area contributed by atoms with Crippen LogP contribution < -0.4 is 10.1 Å². The van der Waals surface area contributed by atoms with Gasteiger partial charge in [-0.05, 0) is 43.5 Å². The van der Waals surface area contributed by atoms with Crippen molar-refractivity contribution in [3.8, 4) is 5.75 Å². The number of methoxy groups -OCH3 is 1. The van der Waals surface area contributed by atoms with E-state index in [2.05, 4.69) is 38.2 Å². The van der Waals surface area contributed by atoms with Gasteiger partial charge in [0.15, 0.2) is 0 Å². The van der Waals surface area contributed by atoms with Crippen LogP contribution in [-0.2, 0) is 0 Å². The van der Waals surface area contributed by atoms with Gasteiger partial charge in [0.2, 0.25) is 0 Å². The molecule has 0 aromatic heterocycles. The van der Waals surface area contributed by atoms with Gasteiger partial charge in [-0.1, -0.05) is 51.7 Å². The Labute approximate surface area is 124 Å². The number of rotatable bonds is 10. The lowest BCUT2D eigenvalue weighted by Crippen LogP contribution is -2.19. The Bertz CT molecular complexity index is 345. The van der Waals surface area contributed by atoms with Crippen LogP contribution in [0.4, 0.5) is 0 Å². The van der Waals surface area contributed by atoms with E-state index in [9.17, 15) is 0 Å². The highest BCUT2D eigenvalue weighted by atomic mass is 16.5. The van der Waals surface area contributed by atoms with Gasteiger partial charge in [0.05, 0.1) is 7.11 Å². The molecule has 0 amide bonds. The summed E-state index contributed by atoms with van der Waals surface area (Å²) in [6, 6.07) is 8.74. The van der Waals surface area contributed by atoms with Crippen molar-refractivity contribution in [3.63, 3.8) is 0 Å². The second-order valence-corrected chi connectivity index (χ2v) is 6.05. The number of ether oxygens (including phenoxy) is 1. The lowest BCUT2D eigenvalue weighted by Gasteiger charge is -2.14. The van der Waals surface area contributed by atoms with Crippen molar-refractivity contribution in [2.45, 2.75) is 58.9 Å². The highest BCUT2D eigenvalue weighted by molar-refractivity contribution is 5.28. The van der Waals surface area contributed by atoms with E-state index >= 15 is 0 Å². The van der Waals surface area contributed by atoms with Crippen molar-refractivity contribution in [2.24, 2.45) is 5.92 Å². The highest BCUT2D eigenvalue weighted by Crippen LogP contribution is 2.17. The minimum absolute atomic E-state index is 0.413. The summed E-state index contributed by atoms with van der Waals surface area (Å²) in [5.74, 6) is 1.77. The van der Waals surface area contributed by atoms with Crippen LogP contribution in [0.15, 0.2) is 24.3 Å². The van der Waals surface area contributed by atoms with Gasteiger partial charge in [0.25, 0.3) is 0 Å². The van der Waals surface area contributed by atoms with E-state index in [1.165, 1.54) is 37.7 Å². The molecule has 20 heavy (non-hydrogen) atoms. The summed E-state index contributed by atoms with van der Waals surface area (Å²) in [4.78, 5) is 0. The zero-order valence-electron chi connectivity index (χ0n) is 13.6. The van der Waals surface area contributed by atoms with E-state index in [-0.39, 0.29) is 0 Å². The second-order valence-electron chi connectivity index (χ2n) is 6.05. The Hall–Kier alpha value is -1.02. The third-order valence-corrected chi connectivity index (χ3v) is 3.77. The van der Waals surface area contributed by atoms with Crippen LogP contribution >= 0.6 is 0 Å². The number of benzene rings is 1. The highest BCUT2D eigenvalue weighted by Gasteiger charge is 2.04. The summed E-state index contributed by atoms with van der Waals surface area (Å²) in [5, 5.41) is 3.60. The molecular formula is C18H31NO. The van der Waals surface area contributed by atoms with E-state index in [4.69, 9.17) is 4.74 Å². The van der Waals surface area contributed by atoms with Crippen molar-refractivity contribution in [3.05, 3.63) is 29.8 Å². The first-order valence-electron chi connectivity index (χ1n) is 8.00. The van der Waals surface area contributed by atoms with Crippen molar-refractivity contribution in [1.29, 1.82) is 0 Å². The van der Waals surface area contributed by atoms with Gasteiger partial charge in [-0.15, -0.1) is 0 Å². The van der Waals surface area contributed by atoms with Crippen LogP contribution in [0.2, 0.25) is 0 Å². The third kappa shape index (κ3) is 6.95. The molecule has 114 valence electrons. The molecule has 1 aromatic carbocycles. The smallest absolute Gasteiger partial charge is 0.118 e. The van der Waals surface area contributed by atoms with Crippen molar-refractivity contribution in [2.75, 3.05) is 13.7 Å². The molecule has 2 nitrogen and oxygen atoms in total. The van der Waals surface area contributed by atoms with Crippen LogP contribution in [0, 0.1) is 5.92 Å². The van der Waals surface area contributed by atoms with Gasteiger partial charge in [-0.3, -0.25) is 0 Å². The SMILES string of the molecule is COc1ccc(C(C)NCCCCCCC(C)C)cc1. The second kappa shape index (κ2) is 9.82. The zero-order valence-corrected chi connectivity index (χ0v) is 13.6. The first kappa shape index (κ1) is 17.0. The Morgan fingerprint density at radius 1 is 0.950 bits per heavy atom. The van der Waals surface area contributed by atoms with Crippen LogP contribution in [0.25, 0.3) is 0 Å². The number of hydrogen-bond acceptors (Lipinski definition) is 2. The Balaban J connectivity index is 2.11. The average molecular weight is 277 g/mol. The standard InChI is InChI=1S/C18H31NO/c1-15(2)9-7-5-6-8-14-19-16(3)17-10-12-18(20-4)13-11-17/h10-13,15-16,19H,5-9,14H2,1-4H3. The topological polar surface area (TPSA) is 21.3 Å². The largest absolute Gasteiger partial charge is 0.497 e. The molecule has 0 aliphatic carbocycles. The molecule has 1 aromatic rings. The molecule has 0 saturated carbocycles. The van der Waals surface area contributed by atoms with Crippen LogP contribution in [0.5, 0.6) is 5.75 Å². The first-order valence-corrected chi connectivity index (χ1v) is 8.00. The van der Waals surface area contributed by atoms with Crippen molar-refractivity contribution < 1.29 is 4.74 Å². The van der Waals surface area contributed by atoms with Crippen LogP contribution in [-0.4, -0.2) is 13.7 Å². The van der Waals surface area contributed by atoms with Gasteiger partial charge in [-0.25, -0.2) is 0 Å². The number of hydrogen-bond donors (Lipinski definition) is 1. The molecule has 0 saturated heterocycles. The van der Waals surface area contributed by atoms with Gasteiger partial charge in [-0.2, -0.15) is 0 Å². The normalized spacial score (nSPS) is 12.7. The third-order valence-electron chi connectivity index (χ3n) is 3.77. The van der Waals surface area contributed by atoms with Crippen LogP contribution in [0.3, 0.4) is 0 Å². The number of unbranched alkanes of at least 4 members (excludes halogenated alkanes) is 3. The maximum atomic E-state index is 5.18. The van der Waals surface area contributed by atoms with Gasteiger partial charge < -0.3 is 10.1 Å². The van der Waals surface area contributed by atoms with E-state index < -0.39 is 0 Å². The van der Waals surface area contributed by atoms with E-state index in [1.807, 2.05) is 12.1 Å². The van der Waals surface area contributed by atoms with Crippen molar-refractivity contribution >= 4 is 0 Å². The molecule has 0 radical (unpaired) electrons.